The van der Waals surface area contributed by atoms with Crippen molar-refractivity contribution >= 4 is 11.6 Å². The minimum atomic E-state index is -0.757. The van der Waals surface area contributed by atoms with Gasteiger partial charge in [-0.15, -0.1) is 0 Å². The van der Waals surface area contributed by atoms with Crippen molar-refractivity contribution in [2.24, 2.45) is 11.7 Å². The number of halogens is 1. The van der Waals surface area contributed by atoms with Gasteiger partial charge in [-0.25, -0.2) is 4.39 Å². The van der Waals surface area contributed by atoms with Gasteiger partial charge in [0.05, 0.1) is 10.5 Å². The molecule has 1 heterocycles. The first-order valence-corrected chi connectivity index (χ1v) is 6.39. The van der Waals surface area contributed by atoms with Crippen LogP contribution < -0.4 is 5.73 Å². The molecule has 7 heteroatoms. The molecular weight excluding hydrogens is 265 g/mol. The Kier molecular flexibility index (Phi) is 3.99. The van der Waals surface area contributed by atoms with Crippen LogP contribution in [0.3, 0.4) is 0 Å². The molecule has 1 aromatic carbocycles. The van der Waals surface area contributed by atoms with Gasteiger partial charge in [0, 0.05) is 31.3 Å². The first-order chi connectivity index (χ1) is 9.40. The number of carbonyl (C=O) groups is 1. The summed E-state index contributed by atoms with van der Waals surface area (Å²) in [5.74, 6) is -1.00. The minimum absolute atomic E-state index is 0.158. The summed E-state index contributed by atoms with van der Waals surface area (Å²) in [4.78, 5) is 23.8. The Hall–Kier alpha value is -2.02. The molecule has 2 unspecified atom stereocenters. The molecular formula is C13H16FN3O3. The van der Waals surface area contributed by atoms with E-state index < -0.39 is 16.6 Å². The molecule has 1 aliphatic heterocycles. The molecule has 2 rings (SSSR count). The number of nitrogens with zero attached hydrogens (tertiary/aromatic N) is 2. The number of rotatable bonds is 2. The summed E-state index contributed by atoms with van der Waals surface area (Å²) in [6.45, 7) is 2.82. The van der Waals surface area contributed by atoms with Gasteiger partial charge in [-0.3, -0.25) is 14.9 Å². The van der Waals surface area contributed by atoms with Crippen LogP contribution in [-0.2, 0) is 0 Å². The van der Waals surface area contributed by atoms with Crippen molar-refractivity contribution < 1.29 is 14.1 Å². The van der Waals surface area contributed by atoms with E-state index in [9.17, 15) is 19.3 Å². The lowest BCUT2D eigenvalue weighted by Crippen LogP contribution is -2.49. The molecule has 0 bridgehead atoms. The molecule has 1 aromatic rings. The van der Waals surface area contributed by atoms with Crippen LogP contribution in [0.4, 0.5) is 10.1 Å². The maximum absolute atomic E-state index is 13.7. The number of nitrogens with two attached hydrogens (primary N) is 1. The van der Waals surface area contributed by atoms with E-state index in [1.165, 1.54) is 4.90 Å². The molecule has 1 saturated heterocycles. The van der Waals surface area contributed by atoms with Gasteiger partial charge < -0.3 is 10.6 Å². The van der Waals surface area contributed by atoms with E-state index in [4.69, 9.17) is 5.73 Å². The van der Waals surface area contributed by atoms with Crippen LogP contribution in [0.15, 0.2) is 18.2 Å². The van der Waals surface area contributed by atoms with Crippen LogP contribution >= 0.6 is 0 Å². The zero-order valence-corrected chi connectivity index (χ0v) is 11.1. The van der Waals surface area contributed by atoms with E-state index in [0.29, 0.717) is 19.0 Å². The molecule has 1 fully saturated rings. The van der Waals surface area contributed by atoms with E-state index in [-0.39, 0.29) is 17.3 Å². The molecule has 0 saturated carbocycles. The predicted octanol–water partition coefficient (Wildman–Crippen LogP) is 1.54. The van der Waals surface area contributed by atoms with E-state index in [1.54, 1.807) is 0 Å². The molecule has 0 aliphatic carbocycles. The fraction of sp³-hybridized carbons (Fsp3) is 0.462. The fourth-order valence-electron chi connectivity index (χ4n) is 2.24. The van der Waals surface area contributed by atoms with Crippen LogP contribution in [0.1, 0.15) is 23.7 Å². The Morgan fingerprint density at radius 3 is 2.85 bits per heavy atom. The number of benzene rings is 1. The highest BCUT2D eigenvalue weighted by Crippen LogP contribution is 2.22. The van der Waals surface area contributed by atoms with E-state index in [2.05, 4.69) is 0 Å². The number of hydrogen-bond donors (Lipinski definition) is 1. The van der Waals surface area contributed by atoms with Crippen molar-refractivity contribution in [3.05, 3.63) is 39.7 Å². The third-order valence-electron chi connectivity index (χ3n) is 3.69. The van der Waals surface area contributed by atoms with Crippen LogP contribution in [0.25, 0.3) is 0 Å². The van der Waals surface area contributed by atoms with Gasteiger partial charge >= 0.3 is 0 Å². The topological polar surface area (TPSA) is 89.5 Å². The third-order valence-corrected chi connectivity index (χ3v) is 3.69. The van der Waals surface area contributed by atoms with E-state index >= 15 is 0 Å². The van der Waals surface area contributed by atoms with Crippen molar-refractivity contribution in [1.82, 2.24) is 4.90 Å². The first kappa shape index (κ1) is 14.4. The lowest BCUT2D eigenvalue weighted by molar-refractivity contribution is -0.384. The largest absolute Gasteiger partial charge is 0.337 e. The van der Waals surface area contributed by atoms with E-state index in [1.807, 2.05) is 6.92 Å². The zero-order chi connectivity index (χ0) is 14.9. The fourth-order valence-corrected chi connectivity index (χ4v) is 2.24. The number of likely N-dealkylation sites (tertiary alicyclic amines) is 1. The summed E-state index contributed by atoms with van der Waals surface area (Å²) < 4.78 is 13.7. The summed E-state index contributed by atoms with van der Waals surface area (Å²) in [5, 5.41) is 10.7. The van der Waals surface area contributed by atoms with Gasteiger partial charge in [0.1, 0.15) is 5.82 Å². The molecule has 0 aromatic heterocycles. The molecule has 1 amide bonds. The summed E-state index contributed by atoms with van der Waals surface area (Å²) in [7, 11) is 0. The standard InChI is InChI=1S/C13H16FN3O3/c1-8-4-5-16(7-12(8)15)13(18)10-6-9(17(19)20)2-3-11(10)14/h2-3,6,8,12H,4-5,7,15H2,1H3. The van der Waals surface area contributed by atoms with Gasteiger partial charge in [-0.05, 0) is 18.4 Å². The number of non-ortho nitro benzene ring substituents is 1. The summed E-state index contributed by atoms with van der Waals surface area (Å²) in [6.07, 6.45) is 0.740. The van der Waals surface area contributed by atoms with Gasteiger partial charge in [0.15, 0.2) is 0 Å². The quantitative estimate of drug-likeness (QED) is 0.657. The maximum Gasteiger partial charge on any atom is 0.270 e. The van der Waals surface area contributed by atoms with Crippen LogP contribution in [-0.4, -0.2) is 34.9 Å². The van der Waals surface area contributed by atoms with Crippen molar-refractivity contribution in [1.29, 1.82) is 0 Å². The van der Waals surface area contributed by atoms with Crippen LogP contribution in [0.2, 0.25) is 0 Å². The average molecular weight is 281 g/mol. The SMILES string of the molecule is CC1CCN(C(=O)c2cc([N+](=O)[O-])ccc2F)CC1N. The number of carbonyl (C=O) groups excluding carboxylic acids is 1. The van der Waals surface area contributed by atoms with Gasteiger partial charge in [0.2, 0.25) is 0 Å². The summed E-state index contributed by atoms with van der Waals surface area (Å²) in [5.41, 5.74) is 5.33. The molecule has 2 atom stereocenters. The second-order valence-electron chi connectivity index (χ2n) is 5.10. The summed E-state index contributed by atoms with van der Waals surface area (Å²) >= 11 is 0. The Balaban J connectivity index is 2.25. The maximum atomic E-state index is 13.7. The highest BCUT2D eigenvalue weighted by molar-refractivity contribution is 5.95. The zero-order valence-electron chi connectivity index (χ0n) is 11.1. The second kappa shape index (κ2) is 5.54. The molecule has 0 radical (unpaired) electrons. The van der Waals surface area contributed by atoms with Crippen molar-refractivity contribution in [2.75, 3.05) is 13.1 Å². The Morgan fingerprint density at radius 2 is 2.25 bits per heavy atom. The molecule has 1 aliphatic rings. The highest BCUT2D eigenvalue weighted by Gasteiger charge is 2.29. The minimum Gasteiger partial charge on any atom is -0.337 e. The Bertz CT molecular complexity index is 550. The van der Waals surface area contributed by atoms with Gasteiger partial charge in [0.25, 0.3) is 11.6 Å². The van der Waals surface area contributed by atoms with Crippen LogP contribution in [0, 0.1) is 21.8 Å². The number of amides is 1. The highest BCUT2D eigenvalue weighted by atomic mass is 19.1. The molecule has 0 spiro atoms. The molecule has 108 valence electrons. The van der Waals surface area contributed by atoms with E-state index in [0.717, 1.165) is 24.6 Å². The van der Waals surface area contributed by atoms with Crippen molar-refractivity contribution in [2.45, 2.75) is 19.4 Å². The summed E-state index contributed by atoms with van der Waals surface area (Å²) in [6, 6.07) is 2.80. The molecule has 2 N–H and O–H groups in total. The number of hydrogen-bond acceptors (Lipinski definition) is 4. The van der Waals surface area contributed by atoms with Crippen LogP contribution in [0.5, 0.6) is 0 Å². The predicted molar refractivity (Wildman–Crippen MR) is 70.7 cm³/mol. The molecule has 6 nitrogen and oxygen atoms in total. The number of nitro benzene ring substituents is 1. The third kappa shape index (κ3) is 2.77. The van der Waals surface area contributed by atoms with Gasteiger partial charge in [-0.1, -0.05) is 6.92 Å². The van der Waals surface area contributed by atoms with Gasteiger partial charge in [-0.2, -0.15) is 0 Å². The lowest BCUT2D eigenvalue weighted by Gasteiger charge is -2.35. The van der Waals surface area contributed by atoms with Crippen molar-refractivity contribution in [3.63, 3.8) is 0 Å². The Labute approximate surface area is 115 Å². The molecule has 20 heavy (non-hydrogen) atoms. The smallest absolute Gasteiger partial charge is 0.270 e. The average Bonchev–Trinajstić information content (AvgIpc) is 2.41. The first-order valence-electron chi connectivity index (χ1n) is 6.39. The number of piperidine rings is 1. The monoisotopic (exact) mass is 281 g/mol. The lowest BCUT2D eigenvalue weighted by atomic mass is 9.94. The van der Waals surface area contributed by atoms with Crippen molar-refractivity contribution in [3.8, 4) is 0 Å². The normalized spacial score (nSPS) is 22.6. The Morgan fingerprint density at radius 1 is 1.55 bits per heavy atom. The number of nitro groups is 1. The second-order valence-corrected chi connectivity index (χ2v) is 5.10.